The van der Waals surface area contributed by atoms with Crippen LogP contribution < -0.4 is 9.80 Å². The Hall–Kier alpha value is -3.61. The van der Waals surface area contributed by atoms with Crippen LogP contribution in [-0.2, 0) is 20.5 Å². The van der Waals surface area contributed by atoms with Crippen LogP contribution in [-0.4, -0.2) is 42.6 Å². The lowest BCUT2D eigenvalue weighted by atomic mass is 9.97. The van der Waals surface area contributed by atoms with E-state index in [-0.39, 0.29) is 25.3 Å². The van der Waals surface area contributed by atoms with Crippen LogP contribution in [0.4, 0.5) is 24.7 Å². The van der Waals surface area contributed by atoms with Crippen molar-refractivity contribution in [2.45, 2.75) is 38.5 Å². The first-order chi connectivity index (χ1) is 16.2. The molecule has 2 heterocycles. The summed E-state index contributed by atoms with van der Waals surface area (Å²) in [5.41, 5.74) is -0.284. The summed E-state index contributed by atoms with van der Waals surface area (Å²) < 4.78 is 45.6. The third kappa shape index (κ3) is 6.04. The van der Waals surface area contributed by atoms with E-state index >= 15 is 0 Å². The predicted octanol–water partition coefficient (Wildman–Crippen LogP) is 4.20. The highest BCUT2D eigenvalue weighted by atomic mass is 19.4. The maximum atomic E-state index is 13.4. The summed E-state index contributed by atoms with van der Waals surface area (Å²) >= 11 is 0. The number of carbonyl (C=O) groups excluding carboxylic acids is 2. The smallest absolute Gasteiger partial charge is 0.419 e. The summed E-state index contributed by atoms with van der Waals surface area (Å²) in [6.45, 7) is 1.92. The molecule has 7 nitrogen and oxygen atoms in total. The number of para-hydroxylation sites is 1. The van der Waals surface area contributed by atoms with E-state index in [0.717, 1.165) is 6.07 Å². The van der Waals surface area contributed by atoms with E-state index in [2.05, 4.69) is 4.98 Å². The molecule has 0 aliphatic carbocycles. The number of aromatic nitrogens is 1. The highest BCUT2D eigenvalue weighted by Crippen LogP contribution is 2.36. The van der Waals surface area contributed by atoms with Crippen molar-refractivity contribution in [3.63, 3.8) is 0 Å². The van der Waals surface area contributed by atoms with Gasteiger partial charge in [-0.25, -0.2) is 4.98 Å². The number of benzene rings is 1. The Labute approximate surface area is 195 Å². The van der Waals surface area contributed by atoms with E-state index in [1.54, 1.807) is 30.3 Å². The molecule has 0 N–H and O–H groups in total. The summed E-state index contributed by atoms with van der Waals surface area (Å²) in [6.07, 6.45) is -3.39. The Bertz CT molecular complexity index is 1040. The predicted molar refractivity (Wildman–Crippen MR) is 119 cm³/mol. The zero-order chi connectivity index (χ0) is 24.7. The van der Waals surface area contributed by atoms with Crippen molar-refractivity contribution in [2.24, 2.45) is 5.92 Å². The zero-order valence-electron chi connectivity index (χ0n) is 18.7. The van der Waals surface area contributed by atoms with Gasteiger partial charge in [-0.2, -0.15) is 18.4 Å². The molecule has 34 heavy (non-hydrogen) atoms. The van der Waals surface area contributed by atoms with Gasteiger partial charge in [0.1, 0.15) is 5.82 Å². The average molecular weight is 474 g/mol. The lowest BCUT2D eigenvalue weighted by Crippen LogP contribution is -2.44. The molecular formula is C24H25F3N4O3. The van der Waals surface area contributed by atoms with E-state index < -0.39 is 35.6 Å². The number of pyridine rings is 1. The number of nitrogens with zero attached hydrogens (tertiary/aromatic N) is 4. The van der Waals surface area contributed by atoms with Crippen LogP contribution in [0.15, 0.2) is 48.7 Å². The maximum Gasteiger partial charge on any atom is 0.419 e. The SMILES string of the molecule is CC(OC(=O)C1CCCN(c2ncccc2C(F)(F)F)C1)C(=O)N(CCC#N)c1ccccc1. The topological polar surface area (TPSA) is 86.5 Å². The summed E-state index contributed by atoms with van der Waals surface area (Å²) in [5.74, 6) is -2.05. The number of halogens is 3. The van der Waals surface area contributed by atoms with Crippen molar-refractivity contribution >= 4 is 23.4 Å². The fraction of sp³-hybridized carbons (Fsp3) is 0.417. The van der Waals surface area contributed by atoms with Gasteiger partial charge >= 0.3 is 12.1 Å². The minimum absolute atomic E-state index is 0.0106. The number of amides is 1. The second-order valence-electron chi connectivity index (χ2n) is 7.97. The van der Waals surface area contributed by atoms with Gasteiger partial charge in [-0.1, -0.05) is 18.2 Å². The van der Waals surface area contributed by atoms with Crippen LogP contribution in [0.2, 0.25) is 0 Å². The average Bonchev–Trinajstić information content (AvgIpc) is 2.84. The highest BCUT2D eigenvalue weighted by molar-refractivity contribution is 5.97. The van der Waals surface area contributed by atoms with E-state index in [1.807, 2.05) is 6.07 Å². The van der Waals surface area contributed by atoms with Crippen LogP contribution in [0.3, 0.4) is 0 Å². The molecule has 0 saturated carbocycles. The molecule has 2 aromatic rings. The molecule has 2 atom stereocenters. The van der Waals surface area contributed by atoms with E-state index in [9.17, 15) is 22.8 Å². The fourth-order valence-corrected chi connectivity index (χ4v) is 3.91. The largest absolute Gasteiger partial charge is 0.452 e. The number of alkyl halides is 3. The van der Waals surface area contributed by atoms with Gasteiger partial charge in [0.25, 0.3) is 5.91 Å². The van der Waals surface area contributed by atoms with Crippen LogP contribution in [0.5, 0.6) is 0 Å². The molecule has 0 bridgehead atoms. The van der Waals surface area contributed by atoms with Crippen LogP contribution in [0, 0.1) is 17.2 Å². The Kier molecular flexibility index (Phi) is 8.10. The normalized spacial score (nSPS) is 16.9. The number of ether oxygens (including phenoxy) is 1. The fourth-order valence-electron chi connectivity index (χ4n) is 3.91. The van der Waals surface area contributed by atoms with Crippen molar-refractivity contribution in [2.75, 3.05) is 29.4 Å². The molecule has 0 radical (unpaired) electrons. The molecule has 1 aliphatic rings. The van der Waals surface area contributed by atoms with Gasteiger partial charge in [0.2, 0.25) is 0 Å². The second kappa shape index (κ2) is 11.0. The molecule has 1 aromatic carbocycles. The first-order valence-corrected chi connectivity index (χ1v) is 10.9. The third-order valence-electron chi connectivity index (χ3n) is 5.57. The van der Waals surface area contributed by atoms with Crippen LogP contribution >= 0.6 is 0 Å². The van der Waals surface area contributed by atoms with E-state index in [4.69, 9.17) is 10.00 Å². The molecule has 0 spiro atoms. The van der Waals surface area contributed by atoms with Crippen molar-refractivity contribution in [3.05, 3.63) is 54.2 Å². The summed E-state index contributed by atoms with van der Waals surface area (Å²) in [4.78, 5) is 32.6. The molecule has 10 heteroatoms. The van der Waals surface area contributed by atoms with Gasteiger partial charge < -0.3 is 14.5 Å². The van der Waals surface area contributed by atoms with Crippen molar-refractivity contribution in [1.82, 2.24) is 4.98 Å². The second-order valence-corrected chi connectivity index (χ2v) is 7.97. The Morgan fingerprint density at radius 2 is 2.00 bits per heavy atom. The van der Waals surface area contributed by atoms with Crippen molar-refractivity contribution < 1.29 is 27.5 Å². The van der Waals surface area contributed by atoms with E-state index in [1.165, 1.54) is 29.0 Å². The number of esters is 1. The summed E-state index contributed by atoms with van der Waals surface area (Å²) in [5, 5.41) is 8.93. The number of hydrogen-bond donors (Lipinski definition) is 0. The Morgan fingerprint density at radius 1 is 1.26 bits per heavy atom. The van der Waals surface area contributed by atoms with Gasteiger partial charge in [0, 0.05) is 31.5 Å². The standard InChI is InChI=1S/C24H25F3N4O3/c1-17(22(32)31(15-7-12-28)19-9-3-2-4-10-19)34-23(33)18-8-6-14-30(16-18)21-20(24(25,26)27)11-5-13-29-21/h2-5,9-11,13,17-18H,6-8,14-16H2,1H3. The van der Waals surface area contributed by atoms with Gasteiger partial charge in [0.05, 0.1) is 24.0 Å². The van der Waals surface area contributed by atoms with Crippen molar-refractivity contribution in [1.29, 1.82) is 5.26 Å². The molecule has 1 fully saturated rings. The van der Waals surface area contributed by atoms with Crippen LogP contribution in [0.1, 0.15) is 31.7 Å². The van der Waals surface area contributed by atoms with Gasteiger partial charge in [0.15, 0.2) is 6.10 Å². The number of rotatable bonds is 7. The monoisotopic (exact) mass is 474 g/mol. The number of hydrogen-bond acceptors (Lipinski definition) is 6. The highest BCUT2D eigenvalue weighted by Gasteiger charge is 2.38. The zero-order valence-corrected chi connectivity index (χ0v) is 18.7. The molecule has 3 rings (SSSR count). The van der Waals surface area contributed by atoms with Gasteiger partial charge in [-0.05, 0) is 44.0 Å². The molecular weight excluding hydrogens is 449 g/mol. The molecule has 1 saturated heterocycles. The number of carbonyl (C=O) groups is 2. The summed E-state index contributed by atoms with van der Waals surface area (Å²) in [7, 11) is 0. The lowest BCUT2D eigenvalue weighted by molar-refractivity contribution is -0.158. The molecule has 1 aromatic heterocycles. The minimum atomic E-state index is -4.57. The number of nitriles is 1. The molecule has 2 unspecified atom stereocenters. The van der Waals surface area contributed by atoms with Gasteiger partial charge in [-0.3, -0.25) is 9.59 Å². The minimum Gasteiger partial charge on any atom is -0.452 e. The lowest BCUT2D eigenvalue weighted by Gasteiger charge is -2.34. The molecule has 1 amide bonds. The maximum absolute atomic E-state index is 13.4. The van der Waals surface area contributed by atoms with Crippen molar-refractivity contribution in [3.8, 4) is 6.07 Å². The first-order valence-electron chi connectivity index (χ1n) is 10.9. The number of piperidine rings is 1. The Balaban J connectivity index is 1.69. The number of anilines is 2. The van der Waals surface area contributed by atoms with E-state index in [0.29, 0.717) is 25.1 Å². The molecule has 1 aliphatic heterocycles. The first kappa shape index (κ1) is 25.0. The Morgan fingerprint density at radius 3 is 2.68 bits per heavy atom. The molecule has 180 valence electrons. The van der Waals surface area contributed by atoms with Crippen LogP contribution in [0.25, 0.3) is 0 Å². The third-order valence-corrected chi connectivity index (χ3v) is 5.57. The van der Waals surface area contributed by atoms with Gasteiger partial charge in [-0.15, -0.1) is 0 Å². The quantitative estimate of drug-likeness (QED) is 0.559. The summed E-state index contributed by atoms with van der Waals surface area (Å²) in [6, 6.07) is 12.9.